The molecule has 1 amide bonds. The molecule has 0 spiro atoms. The number of carbonyl (C=O) groups excluding carboxylic acids is 1. The Hall–Kier alpha value is -2.99. The molecule has 0 unspecified atom stereocenters. The molecule has 0 saturated heterocycles. The van der Waals surface area contributed by atoms with Crippen LogP contribution in [0.4, 0.5) is 0 Å². The third-order valence-corrected chi connectivity index (χ3v) is 5.73. The molecule has 0 fully saturated rings. The van der Waals surface area contributed by atoms with Gasteiger partial charge in [-0.3, -0.25) is 9.78 Å². The molecule has 0 atom stereocenters. The summed E-state index contributed by atoms with van der Waals surface area (Å²) in [6.07, 6.45) is 5.78. The van der Waals surface area contributed by atoms with E-state index < -0.39 is 0 Å². The molecule has 3 aromatic heterocycles. The van der Waals surface area contributed by atoms with Gasteiger partial charge in [-0.15, -0.1) is 11.3 Å². The van der Waals surface area contributed by atoms with E-state index in [0.717, 1.165) is 33.8 Å². The third-order valence-electron chi connectivity index (χ3n) is 4.64. The Bertz CT molecular complexity index is 1070. The first kappa shape index (κ1) is 15.3. The Balaban J connectivity index is 1.38. The van der Waals surface area contributed by atoms with Crippen LogP contribution >= 0.6 is 11.3 Å². The smallest absolute Gasteiger partial charge is 0.256 e. The molecule has 5 nitrogen and oxygen atoms in total. The van der Waals surface area contributed by atoms with Gasteiger partial charge >= 0.3 is 0 Å². The molecule has 5 rings (SSSR count). The topological polar surface area (TPSA) is 59.2 Å². The van der Waals surface area contributed by atoms with Crippen molar-refractivity contribution in [3.63, 3.8) is 0 Å². The lowest BCUT2D eigenvalue weighted by atomic mass is 10.0. The standard InChI is InChI=1S/C20H15N3O2S/c24-20-19-14(13-7-10-25-12-13)5-8-21-16(19)11-23(20)9-6-18-22-15-3-1-2-4-17(15)26-18/h1-5,7-8,10,12H,6,9,11H2. The van der Waals surface area contributed by atoms with E-state index in [-0.39, 0.29) is 5.91 Å². The summed E-state index contributed by atoms with van der Waals surface area (Å²) < 4.78 is 6.36. The van der Waals surface area contributed by atoms with Gasteiger partial charge in [0.15, 0.2) is 0 Å². The normalized spacial score (nSPS) is 13.5. The van der Waals surface area contributed by atoms with Gasteiger partial charge in [0.1, 0.15) is 0 Å². The molecule has 0 aliphatic carbocycles. The molecule has 1 aliphatic heterocycles. The summed E-state index contributed by atoms with van der Waals surface area (Å²) in [6.45, 7) is 1.19. The summed E-state index contributed by atoms with van der Waals surface area (Å²) in [7, 11) is 0. The van der Waals surface area contributed by atoms with Gasteiger partial charge in [0.2, 0.25) is 0 Å². The first-order chi connectivity index (χ1) is 12.8. The molecule has 4 aromatic rings. The van der Waals surface area contributed by atoms with Crippen LogP contribution in [0.25, 0.3) is 21.3 Å². The molecule has 6 heteroatoms. The number of hydrogen-bond donors (Lipinski definition) is 0. The fourth-order valence-corrected chi connectivity index (χ4v) is 4.33. The van der Waals surface area contributed by atoms with Crippen LogP contribution in [0.2, 0.25) is 0 Å². The summed E-state index contributed by atoms with van der Waals surface area (Å²) in [6, 6.07) is 11.9. The van der Waals surface area contributed by atoms with E-state index in [1.54, 1.807) is 30.1 Å². The highest BCUT2D eigenvalue weighted by Gasteiger charge is 2.31. The predicted octanol–water partition coefficient (Wildman–Crippen LogP) is 4.15. The van der Waals surface area contributed by atoms with E-state index in [1.165, 1.54) is 4.70 Å². The first-order valence-corrected chi connectivity index (χ1v) is 9.25. The van der Waals surface area contributed by atoms with E-state index in [9.17, 15) is 4.79 Å². The second kappa shape index (κ2) is 6.07. The highest BCUT2D eigenvalue weighted by Crippen LogP contribution is 2.32. The molecular weight excluding hydrogens is 346 g/mol. The minimum atomic E-state index is 0.0328. The van der Waals surface area contributed by atoms with Crippen LogP contribution in [0.15, 0.2) is 59.5 Å². The fourth-order valence-electron chi connectivity index (χ4n) is 3.37. The third kappa shape index (κ3) is 2.50. The fraction of sp³-hybridized carbons (Fsp3) is 0.150. The number of pyridine rings is 1. The van der Waals surface area contributed by atoms with Crippen LogP contribution in [-0.4, -0.2) is 27.3 Å². The summed E-state index contributed by atoms with van der Waals surface area (Å²) in [5.41, 5.74) is 4.34. The van der Waals surface area contributed by atoms with Gasteiger partial charge in [0.25, 0.3) is 5.91 Å². The van der Waals surface area contributed by atoms with E-state index in [1.807, 2.05) is 35.2 Å². The van der Waals surface area contributed by atoms with Crippen LogP contribution in [0.5, 0.6) is 0 Å². The lowest BCUT2D eigenvalue weighted by Crippen LogP contribution is -2.26. The average Bonchev–Trinajstić information content (AvgIpc) is 3.39. The number of rotatable bonds is 4. The van der Waals surface area contributed by atoms with Crippen molar-refractivity contribution in [1.29, 1.82) is 0 Å². The van der Waals surface area contributed by atoms with Gasteiger partial charge < -0.3 is 9.32 Å². The van der Waals surface area contributed by atoms with Gasteiger partial charge in [-0.25, -0.2) is 4.98 Å². The number of nitrogens with zero attached hydrogens (tertiary/aromatic N) is 3. The molecule has 128 valence electrons. The summed E-state index contributed by atoms with van der Waals surface area (Å²) in [4.78, 5) is 23.9. The van der Waals surface area contributed by atoms with Crippen molar-refractivity contribution in [1.82, 2.24) is 14.9 Å². The van der Waals surface area contributed by atoms with E-state index in [2.05, 4.69) is 16.0 Å². The maximum absolute atomic E-state index is 12.9. The summed E-state index contributed by atoms with van der Waals surface area (Å²) >= 11 is 1.69. The zero-order chi connectivity index (χ0) is 17.5. The monoisotopic (exact) mass is 361 g/mol. The maximum Gasteiger partial charge on any atom is 0.256 e. The van der Waals surface area contributed by atoms with Gasteiger partial charge in [-0.1, -0.05) is 12.1 Å². The Morgan fingerprint density at radius 2 is 2.12 bits per heavy atom. The van der Waals surface area contributed by atoms with Crippen molar-refractivity contribution < 1.29 is 9.21 Å². The number of hydrogen-bond acceptors (Lipinski definition) is 5. The van der Waals surface area contributed by atoms with Crippen LogP contribution in [0.1, 0.15) is 21.1 Å². The lowest BCUT2D eigenvalue weighted by Gasteiger charge is -2.14. The predicted molar refractivity (Wildman–Crippen MR) is 100 cm³/mol. The van der Waals surface area contributed by atoms with Crippen molar-refractivity contribution in [2.24, 2.45) is 0 Å². The number of carbonyl (C=O) groups is 1. The molecule has 26 heavy (non-hydrogen) atoms. The first-order valence-electron chi connectivity index (χ1n) is 8.44. The number of para-hydroxylation sites is 1. The number of thiazole rings is 1. The molecule has 0 bridgehead atoms. The van der Waals surface area contributed by atoms with Gasteiger partial charge in [0.05, 0.1) is 45.6 Å². The Morgan fingerprint density at radius 1 is 1.19 bits per heavy atom. The lowest BCUT2D eigenvalue weighted by molar-refractivity contribution is 0.0780. The van der Waals surface area contributed by atoms with Crippen LogP contribution in [-0.2, 0) is 13.0 Å². The van der Waals surface area contributed by atoms with Crippen molar-refractivity contribution in [2.75, 3.05) is 6.54 Å². The summed E-state index contributed by atoms with van der Waals surface area (Å²) in [5.74, 6) is 0.0328. The Morgan fingerprint density at radius 3 is 2.96 bits per heavy atom. The molecule has 1 aliphatic rings. The quantitative estimate of drug-likeness (QED) is 0.548. The highest BCUT2D eigenvalue weighted by atomic mass is 32.1. The summed E-state index contributed by atoms with van der Waals surface area (Å²) in [5, 5.41) is 1.05. The van der Waals surface area contributed by atoms with Crippen molar-refractivity contribution in [3.8, 4) is 11.1 Å². The molecule has 4 heterocycles. The molecule has 0 radical (unpaired) electrons. The number of fused-ring (bicyclic) bond motifs is 2. The van der Waals surface area contributed by atoms with Crippen LogP contribution in [0.3, 0.4) is 0 Å². The second-order valence-electron chi connectivity index (χ2n) is 6.24. The molecular formula is C20H15N3O2S. The molecule has 0 N–H and O–H groups in total. The Kier molecular flexibility index (Phi) is 3.57. The van der Waals surface area contributed by atoms with E-state index >= 15 is 0 Å². The highest BCUT2D eigenvalue weighted by molar-refractivity contribution is 7.18. The maximum atomic E-state index is 12.9. The minimum Gasteiger partial charge on any atom is -0.472 e. The zero-order valence-electron chi connectivity index (χ0n) is 13.9. The van der Waals surface area contributed by atoms with Gasteiger partial charge in [0, 0.05) is 30.3 Å². The van der Waals surface area contributed by atoms with E-state index in [4.69, 9.17) is 4.42 Å². The SMILES string of the molecule is O=C1c2c(-c3ccoc3)ccnc2CN1CCc1nc2ccccc2s1. The van der Waals surface area contributed by atoms with Crippen molar-refractivity contribution in [2.45, 2.75) is 13.0 Å². The van der Waals surface area contributed by atoms with E-state index in [0.29, 0.717) is 18.7 Å². The average molecular weight is 361 g/mol. The zero-order valence-corrected chi connectivity index (χ0v) is 14.7. The van der Waals surface area contributed by atoms with Gasteiger partial charge in [-0.2, -0.15) is 0 Å². The number of furan rings is 1. The van der Waals surface area contributed by atoms with Crippen LogP contribution < -0.4 is 0 Å². The second-order valence-corrected chi connectivity index (χ2v) is 7.36. The molecule has 0 saturated carbocycles. The number of aromatic nitrogens is 2. The molecule has 1 aromatic carbocycles. The minimum absolute atomic E-state index is 0.0328. The largest absolute Gasteiger partial charge is 0.472 e. The number of amides is 1. The van der Waals surface area contributed by atoms with Gasteiger partial charge in [-0.05, 0) is 24.3 Å². The van der Waals surface area contributed by atoms with Crippen LogP contribution in [0, 0.1) is 0 Å². The Labute approximate surface area is 153 Å². The van der Waals surface area contributed by atoms with Crippen molar-refractivity contribution in [3.05, 3.63) is 71.4 Å². The van der Waals surface area contributed by atoms with Crippen molar-refractivity contribution >= 4 is 27.5 Å². The number of benzene rings is 1.